The first-order chi connectivity index (χ1) is 13.5. The molecule has 0 saturated heterocycles. The summed E-state index contributed by atoms with van der Waals surface area (Å²) < 4.78 is 4.86. The number of carbonyl (C=O) groups is 3. The second-order valence-electron chi connectivity index (χ2n) is 6.41. The molecule has 2 unspecified atom stereocenters. The van der Waals surface area contributed by atoms with Crippen molar-refractivity contribution in [3.05, 3.63) is 71.4 Å². The lowest BCUT2D eigenvalue weighted by atomic mass is 9.73. The number of methoxy groups -OCH3 is 1. The standard InChI is InChI=1S/C22H19NO5/c1-13-18(21(25)26)19(20(22(27)28-2)17(12-24)23-13)16-11-7-6-10-15(16)14-8-4-3-5-9-14/h3-12,18-19H,1-2H3,(H,25,26). The lowest BCUT2D eigenvalue weighted by Gasteiger charge is -2.31. The molecule has 0 spiro atoms. The van der Waals surface area contributed by atoms with Gasteiger partial charge in [0.15, 0.2) is 6.29 Å². The van der Waals surface area contributed by atoms with Gasteiger partial charge >= 0.3 is 11.9 Å². The summed E-state index contributed by atoms with van der Waals surface area (Å²) in [6.45, 7) is 1.55. The van der Waals surface area contributed by atoms with Crippen LogP contribution in [0, 0.1) is 5.92 Å². The molecular formula is C22H19NO5. The molecule has 1 aliphatic rings. The Balaban J connectivity index is 2.32. The maximum atomic E-state index is 12.5. The van der Waals surface area contributed by atoms with E-state index >= 15 is 0 Å². The first kappa shape index (κ1) is 19.2. The maximum Gasteiger partial charge on any atom is 0.336 e. The summed E-state index contributed by atoms with van der Waals surface area (Å²) in [7, 11) is 1.19. The van der Waals surface area contributed by atoms with E-state index in [-0.39, 0.29) is 17.0 Å². The summed E-state index contributed by atoms with van der Waals surface area (Å²) in [4.78, 5) is 40.3. The van der Waals surface area contributed by atoms with Crippen LogP contribution in [0.5, 0.6) is 0 Å². The molecule has 142 valence electrons. The SMILES string of the molecule is COC(=O)C1=C(C=O)N=C(C)C(C(=O)O)C1c1ccccc1-c1ccccc1. The minimum absolute atomic E-state index is 0.0427. The van der Waals surface area contributed by atoms with Crippen molar-refractivity contribution in [3.8, 4) is 11.1 Å². The summed E-state index contributed by atoms with van der Waals surface area (Å²) >= 11 is 0. The van der Waals surface area contributed by atoms with Crippen LogP contribution < -0.4 is 0 Å². The minimum Gasteiger partial charge on any atom is -0.481 e. The summed E-state index contributed by atoms with van der Waals surface area (Å²) in [5.74, 6) is -3.89. The molecule has 0 radical (unpaired) electrons. The van der Waals surface area contributed by atoms with Crippen molar-refractivity contribution >= 4 is 23.9 Å². The number of carboxylic acids is 1. The van der Waals surface area contributed by atoms with Gasteiger partial charge in [-0.25, -0.2) is 4.79 Å². The predicted octanol–water partition coefficient (Wildman–Crippen LogP) is 3.24. The second-order valence-corrected chi connectivity index (χ2v) is 6.41. The molecule has 1 aliphatic heterocycles. The van der Waals surface area contributed by atoms with Gasteiger partial charge in [-0.3, -0.25) is 14.6 Å². The third-order valence-corrected chi connectivity index (χ3v) is 4.83. The first-order valence-electron chi connectivity index (χ1n) is 8.69. The number of carbonyl (C=O) groups excluding carboxylic acids is 2. The van der Waals surface area contributed by atoms with E-state index in [1.165, 1.54) is 7.11 Å². The highest BCUT2D eigenvalue weighted by atomic mass is 16.5. The van der Waals surface area contributed by atoms with Gasteiger partial charge in [-0.05, 0) is 23.6 Å². The van der Waals surface area contributed by atoms with Gasteiger partial charge in [0.05, 0.1) is 12.7 Å². The topological polar surface area (TPSA) is 93.0 Å². The summed E-state index contributed by atoms with van der Waals surface area (Å²) in [5.41, 5.74) is 2.39. The third-order valence-electron chi connectivity index (χ3n) is 4.83. The molecule has 0 bridgehead atoms. The number of carboxylic acid groups (broad SMARTS) is 1. The molecule has 1 heterocycles. The molecule has 3 rings (SSSR count). The van der Waals surface area contributed by atoms with Gasteiger partial charge in [0.1, 0.15) is 11.6 Å². The number of rotatable bonds is 5. The van der Waals surface area contributed by atoms with Gasteiger partial charge in [-0.2, -0.15) is 0 Å². The van der Waals surface area contributed by atoms with Gasteiger partial charge in [-0.1, -0.05) is 54.6 Å². The number of esters is 1. The van der Waals surface area contributed by atoms with Crippen LogP contribution in [0.25, 0.3) is 11.1 Å². The quantitative estimate of drug-likeness (QED) is 0.638. The number of hydrogen-bond donors (Lipinski definition) is 1. The highest BCUT2D eigenvalue weighted by molar-refractivity contribution is 6.09. The molecule has 6 nitrogen and oxygen atoms in total. The van der Waals surface area contributed by atoms with Gasteiger partial charge in [-0.15, -0.1) is 0 Å². The number of nitrogens with zero attached hydrogens (tertiary/aromatic N) is 1. The minimum atomic E-state index is -1.12. The van der Waals surface area contributed by atoms with Crippen LogP contribution >= 0.6 is 0 Å². The van der Waals surface area contributed by atoms with Crippen molar-refractivity contribution < 1.29 is 24.2 Å². The zero-order chi connectivity index (χ0) is 20.3. The molecular weight excluding hydrogens is 358 g/mol. The smallest absolute Gasteiger partial charge is 0.336 e. The fourth-order valence-corrected chi connectivity index (χ4v) is 3.62. The van der Waals surface area contributed by atoms with Gasteiger partial charge in [0.25, 0.3) is 0 Å². The number of aliphatic imine (C=N–C) groups is 1. The Morgan fingerprint density at radius 3 is 2.32 bits per heavy atom. The van der Waals surface area contributed by atoms with Gasteiger partial charge in [0.2, 0.25) is 0 Å². The van der Waals surface area contributed by atoms with Crippen molar-refractivity contribution in [2.75, 3.05) is 7.11 Å². The van der Waals surface area contributed by atoms with E-state index in [4.69, 9.17) is 4.74 Å². The number of hydrogen-bond acceptors (Lipinski definition) is 5. The van der Waals surface area contributed by atoms with Crippen molar-refractivity contribution in [2.45, 2.75) is 12.8 Å². The van der Waals surface area contributed by atoms with Crippen LogP contribution in [-0.4, -0.2) is 36.2 Å². The number of aldehydes is 1. The largest absolute Gasteiger partial charge is 0.481 e. The monoisotopic (exact) mass is 377 g/mol. The van der Waals surface area contributed by atoms with E-state index in [0.717, 1.165) is 11.1 Å². The lowest BCUT2D eigenvalue weighted by Crippen LogP contribution is -2.36. The zero-order valence-corrected chi connectivity index (χ0v) is 15.5. The molecule has 2 aromatic rings. The molecule has 0 saturated carbocycles. The fraction of sp³-hybridized carbons (Fsp3) is 0.182. The fourth-order valence-electron chi connectivity index (χ4n) is 3.62. The number of aliphatic carboxylic acids is 1. The Bertz CT molecular complexity index is 991. The molecule has 0 aromatic heterocycles. The van der Waals surface area contributed by atoms with E-state index in [9.17, 15) is 19.5 Å². The number of benzene rings is 2. The Morgan fingerprint density at radius 1 is 1.07 bits per heavy atom. The molecule has 2 aromatic carbocycles. The van der Waals surface area contributed by atoms with Crippen molar-refractivity contribution in [2.24, 2.45) is 10.9 Å². The Labute approximate surface area is 162 Å². The van der Waals surface area contributed by atoms with E-state index in [2.05, 4.69) is 4.99 Å². The van der Waals surface area contributed by atoms with Crippen LogP contribution in [-0.2, 0) is 19.1 Å². The van der Waals surface area contributed by atoms with Crippen LogP contribution in [0.4, 0.5) is 0 Å². The van der Waals surface area contributed by atoms with Crippen molar-refractivity contribution in [3.63, 3.8) is 0 Å². The number of ether oxygens (including phenoxy) is 1. The van der Waals surface area contributed by atoms with Crippen LogP contribution in [0.15, 0.2) is 70.9 Å². The van der Waals surface area contributed by atoms with E-state index in [1.807, 2.05) is 42.5 Å². The molecule has 0 aliphatic carbocycles. The Hall–Kier alpha value is -3.54. The van der Waals surface area contributed by atoms with Crippen molar-refractivity contribution in [1.82, 2.24) is 0 Å². The second kappa shape index (κ2) is 8.00. The van der Waals surface area contributed by atoms with Crippen LogP contribution in [0.3, 0.4) is 0 Å². The average Bonchev–Trinajstić information content (AvgIpc) is 2.72. The predicted molar refractivity (Wildman–Crippen MR) is 104 cm³/mol. The van der Waals surface area contributed by atoms with Crippen molar-refractivity contribution in [1.29, 1.82) is 0 Å². The summed E-state index contributed by atoms with van der Waals surface area (Å²) in [5, 5.41) is 9.89. The van der Waals surface area contributed by atoms with Gasteiger partial charge < -0.3 is 9.84 Å². The highest BCUT2D eigenvalue weighted by Crippen LogP contribution is 2.42. The molecule has 1 N–H and O–H groups in total. The molecule has 0 fully saturated rings. The van der Waals surface area contributed by atoms with Gasteiger partial charge in [0, 0.05) is 11.6 Å². The Morgan fingerprint density at radius 2 is 1.71 bits per heavy atom. The average molecular weight is 377 g/mol. The summed E-state index contributed by atoms with van der Waals surface area (Å²) in [6, 6.07) is 16.7. The molecule has 2 atom stereocenters. The lowest BCUT2D eigenvalue weighted by molar-refractivity contribution is -0.140. The van der Waals surface area contributed by atoms with E-state index in [1.54, 1.807) is 19.1 Å². The Kier molecular flexibility index (Phi) is 5.49. The molecule has 0 amide bonds. The first-order valence-corrected chi connectivity index (χ1v) is 8.69. The van der Waals surface area contributed by atoms with E-state index < -0.39 is 23.8 Å². The zero-order valence-electron chi connectivity index (χ0n) is 15.5. The van der Waals surface area contributed by atoms with Crippen LogP contribution in [0.2, 0.25) is 0 Å². The normalized spacial score (nSPS) is 19.0. The molecule has 28 heavy (non-hydrogen) atoms. The van der Waals surface area contributed by atoms with Crippen LogP contribution in [0.1, 0.15) is 18.4 Å². The highest BCUT2D eigenvalue weighted by Gasteiger charge is 2.43. The number of allylic oxidation sites excluding steroid dienone is 1. The summed E-state index contributed by atoms with van der Waals surface area (Å²) in [6.07, 6.45) is 0.464. The maximum absolute atomic E-state index is 12.5. The van der Waals surface area contributed by atoms with E-state index in [0.29, 0.717) is 11.8 Å². The third kappa shape index (κ3) is 3.36. The molecule has 6 heteroatoms.